The molecule has 1 saturated heterocycles. The van der Waals surface area contributed by atoms with Crippen molar-refractivity contribution in [2.45, 2.75) is 32.0 Å². The van der Waals surface area contributed by atoms with Gasteiger partial charge in [0.05, 0.1) is 25.0 Å². The van der Waals surface area contributed by atoms with Gasteiger partial charge in [0.25, 0.3) is 0 Å². The van der Waals surface area contributed by atoms with Crippen molar-refractivity contribution in [2.24, 2.45) is 0 Å². The predicted molar refractivity (Wildman–Crippen MR) is 96.1 cm³/mol. The van der Waals surface area contributed by atoms with Gasteiger partial charge < -0.3 is 14.6 Å². The van der Waals surface area contributed by atoms with Gasteiger partial charge in [-0.3, -0.25) is 14.5 Å². The molecular formula is C20H23N3O3. The number of furan rings is 1. The van der Waals surface area contributed by atoms with Crippen LogP contribution in [0.4, 0.5) is 0 Å². The molecule has 1 unspecified atom stereocenters. The van der Waals surface area contributed by atoms with Crippen molar-refractivity contribution in [2.75, 3.05) is 19.6 Å². The van der Waals surface area contributed by atoms with Crippen molar-refractivity contribution < 1.29 is 14.0 Å². The Morgan fingerprint density at radius 2 is 2.04 bits per heavy atom. The van der Waals surface area contributed by atoms with Crippen LogP contribution in [0.1, 0.15) is 23.1 Å². The molecule has 2 aromatic rings. The zero-order valence-electron chi connectivity index (χ0n) is 14.7. The van der Waals surface area contributed by atoms with E-state index in [9.17, 15) is 9.59 Å². The number of hydrogen-bond acceptors (Lipinski definition) is 4. The van der Waals surface area contributed by atoms with Crippen LogP contribution in [0.5, 0.6) is 0 Å². The van der Waals surface area contributed by atoms with E-state index in [2.05, 4.69) is 22.3 Å². The number of piperazine rings is 1. The molecule has 6 nitrogen and oxygen atoms in total. The Balaban J connectivity index is 1.44. The fourth-order valence-electron chi connectivity index (χ4n) is 3.79. The van der Waals surface area contributed by atoms with Crippen molar-refractivity contribution >= 4 is 11.8 Å². The van der Waals surface area contributed by atoms with Crippen molar-refractivity contribution in [3.8, 4) is 0 Å². The monoisotopic (exact) mass is 353 g/mol. The van der Waals surface area contributed by atoms with Crippen LogP contribution in [-0.2, 0) is 29.1 Å². The summed E-state index contributed by atoms with van der Waals surface area (Å²) in [5.74, 6) is -0.0238. The molecule has 26 heavy (non-hydrogen) atoms. The highest BCUT2D eigenvalue weighted by Gasteiger charge is 2.33. The summed E-state index contributed by atoms with van der Waals surface area (Å²) in [6.07, 6.45) is 4.40. The van der Waals surface area contributed by atoms with Gasteiger partial charge in [-0.2, -0.15) is 0 Å². The Labute approximate surface area is 152 Å². The van der Waals surface area contributed by atoms with Gasteiger partial charge in [0.1, 0.15) is 0 Å². The largest absolute Gasteiger partial charge is 0.472 e. The summed E-state index contributed by atoms with van der Waals surface area (Å²) in [5, 5.41) is 2.89. The standard InChI is InChI=1S/C20H23N3O3/c24-19(23-8-5-16-3-1-2-4-17(16)13-23)11-18-20(25)21-7-9-22(18)12-15-6-10-26-14-15/h1-4,6,10,14,18H,5,7-9,11-13H2,(H,21,25). The average Bonchev–Trinajstić information content (AvgIpc) is 3.17. The number of carbonyl (C=O) groups excluding carboxylic acids is 2. The number of fused-ring (bicyclic) bond motifs is 1. The summed E-state index contributed by atoms with van der Waals surface area (Å²) < 4.78 is 5.13. The normalized spacial score (nSPS) is 20.5. The van der Waals surface area contributed by atoms with E-state index in [0.717, 1.165) is 18.5 Å². The summed E-state index contributed by atoms with van der Waals surface area (Å²) in [5.41, 5.74) is 3.54. The van der Waals surface area contributed by atoms with E-state index < -0.39 is 6.04 Å². The molecule has 4 rings (SSSR count). The second-order valence-electron chi connectivity index (χ2n) is 6.95. The maximum Gasteiger partial charge on any atom is 0.237 e. The summed E-state index contributed by atoms with van der Waals surface area (Å²) >= 11 is 0. The predicted octanol–water partition coefficient (Wildman–Crippen LogP) is 1.55. The van der Waals surface area contributed by atoms with Crippen LogP contribution in [0, 0.1) is 0 Å². The van der Waals surface area contributed by atoms with E-state index >= 15 is 0 Å². The van der Waals surface area contributed by atoms with E-state index in [4.69, 9.17) is 4.42 Å². The third-order valence-corrected chi connectivity index (χ3v) is 5.26. The first-order valence-electron chi connectivity index (χ1n) is 9.08. The molecule has 1 fully saturated rings. The Hall–Kier alpha value is -2.60. The number of hydrogen-bond donors (Lipinski definition) is 1. The molecule has 6 heteroatoms. The average molecular weight is 353 g/mol. The van der Waals surface area contributed by atoms with Gasteiger partial charge in [0, 0.05) is 38.3 Å². The molecule has 2 amide bonds. The Morgan fingerprint density at radius 3 is 2.85 bits per heavy atom. The van der Waals surface area contributed by atoms with Crippen molar-refractivity contribution in [1.82, 2.24) is 15.1 Å². The topological polar surface area (TPSA) is 65.8 Å². The van der Waals surface area contributed by atoms with Gasteiger partial charge in [-0.25, -0.2) is 0 Å². The van der Waals surface area contributed by atoms with E-state index in [1.807, 2.05) is 23.1 Å². The van der Waals surface area contributed by atoms with Gasteiger partial charge in [-0.1, -0.05) is 24.3 Å². The summed E-state index contributed by atoms with van der Waals surface area (Å²) in [6.45, 7) is 3.30. The molecule has 1 aromatic carbocycles. The van der Waals surface area contributed by atoms with E-state index in [0.29, 0.717) is 26.2 Å². The SMILES string of the molecule is O=C1NCCN(Cc2ccoc2)C1CC(=O)N1CCc2ccccc2C1. The van der Waals surface area contributed by atoms with E-state index in [-0.39, 0.29) is 18.2 Å². The molecule has 2 aliphatic rings. The van der Waals surface area contributed by atoms with Crippen LogP contribution < -0.4 is 5.32 Å². The summed E-state index contributed by atoms with van der Waals surface area (Å²) in [4.78, 5) is 29.2. The lowest BCUT2D eigenvalue weighted by atomic mass is 9.99. The van der Waals surface area contributed by atoms with Crippen molar-refractivity contribution in [1.29, 1.82) is 0 Å². The fraction of sp³-hybridized carbons (Fsp3) is 0.400. The van der Waals surface area contributed by atoms with Crippen molar-refractivity contribution in [3.05, 3.63) is 59.5 Å². The lowest BCUT2D eigenvalue weighted by Crippen LogP contribution is -2.56. The Morgan fingerprint density at radius 1 is 1.19 bits per heavy atom. The maximum absolute atomic E-state index is 12.9. The first kappa shape index (κ1) is 16.8. The van der Waals surface area contributed by atoms with Gasteiger partial charge in [0.2, 0.25) is 11.8 Å². The molecule has 0 radical (unpaired) electrons. The second-order valence-corrected chi connectivity index (χ2v) is 6.95. The van der Waals surface area contributed by atoms with Crippen LogP contribution in [0.15, 0.2) is 47.3 Å². The van der Waals surface area contributed by atoms with E-state index in [1.54, 1.807) is 12.5 Å². The number of carbonyl (C=O) groups is 2. The number of rotatable bonds is 4. The Kier molecular flexibility index (Phi) is 4.75. The molecule has 0 aliphatic carbocycles. The molecule has 0 spiro atoms. The fourth-order valence-corrected chi connectivity index (χ4v) is 3.79. The molecule has 0 bridgehead atoms. The van der Waals surface area contributed by atoms with Gasteiger partial charge in [-0.05, 0) is 23.6 Å². The van der Waals surface area contributed by atoms with Gasteiger partial charge in [0.15, 0.2) is 0 Å². The smallest absolute Gasteiger partial charge is 0.237 e. The molecule has 1 atom stereocenters. The maximum atomic E-state index is 12.9. The minimum atomic E-state index is -0.427. The first-order chi connectivity index (χ1) is 12.7. The third-order valence-electron chi connectivity index (χ3n) is 5.26. The van der Waals surface area contributed by atoms with Crippen LogP contribution in [0.25, 0.3) is 0 Å². The van der Waals surface area contributed by atoms with Crippen LogP contribution in [0.3, 0.4) is 0 Å². The van der Waals surface area contributed by atoms with Gasteiger partial charge in [-0.15, -0.1) is 0 Å². The lowest BCUT2D eigenvalue weighted by Gasteiger charge is -2.36. The number of nitrogens with zero attached hydrogens (tertiary/aromatic N) is 2. The summed E-state index contributed by atoms with van der Waals surface area (Å²) in [6, 6.07) is 9.71. The third kappa shape index (κ3) is 3.51. The highest BCUT2D eigenvalue weighted by molar-refractivity contribution is 5.89. The molecule has 1 N–H and O–H groups in total. The Bertz CT molecular complexity index is 787. The zero-order valence-corrected chi connectivity index (χ0v) is 14.7. The second kappa shape index (κ2) is 7.33. The number of nitrogens with one attached hydrogen (secondary N) is 1. The number of benzene rings is 1. The van der Waals surface area contributed by atoms with Crippen LogP contribution in [-0.4, -0.2) is 47.3 Å². The first-order valence-corrected chi connectivity index (χ1v) is 9.08. The van der Waals surface area contributed by atoms with Gasteiger partial charge >= 0.3 is 0 Å². The molecule has 0 saturated carbocycles. The quantitative estimate of drug-likeness (QED) is 0.906. The lowest BCUT2D eigenvalue weighted by molar-refractivity contribution is -0.139. The van der Waals surface area contributed by atoms with Crippen molar-refractivity contribution in [3.63, 3.8) is 0 Å². The van der Waals surface area contributed by atoms with Crippen LogP contribution >= 0.6 is 0 Å². The van der Waals surface area contributed by atoms with E-state index in [1.165, 1.54) is 11.1 Å². The highest BCUT2D eigenvalue weighted by atomic mass is 16.3. The molecule has 136 valence electrons. The summed E-state index contributed by atoms with van der Waals surface area (Å²) in [7, 11) is 0. The number of amides is 2. The molecule has 2 aliphatic heterocycles. The molecule has 1 aromatic heterocycles. The minimum absolute atomic E-state index is 0.0405. The minimum Gasteiger partial charge on any atom is -0.472 e. The zero-order chi connectivity index (χ0) is 17.9. The van der Waals surface area contributed by atoms with Crippen LogP contribution in [0.2, 0.25) is 0 Å². The molecule has 3 heterocycles. The highest BCUT2D eigenvalue weighted by Crippen LogP contribution is 2.21. The molecular weight excluding hydrogens is 330 g/mol.